The van der Waals surface area contributed by atoms with Gasteiger partial charge in [0, 0.05) is 13.7 Å². The highest BCUT2D eigenvalue weighted by Crippen LogP contribution is 2.31. The van der Waals surface area contributed by atoms with Crippen LogP contribution >= 0.6 is 0 Å². The van der Waals surface area contributed by atoms with Crippen LogP contribution in [0.3, 0.4) is 0 Å². The van der Waals surface area contributed by atoms with E-state index in [2.05, 4.69) is 11.8 Å². The Labute approximate surface area is 186 Å². The van der Waals surface area contributed by atoms with Crippen molar-refractivity contribution < 1.29 is 42.4 Å². The van der Waals surface area contributed by atoms with Gasteiger partial charge in [0.2, 0.25) is 0 Å². The minimum Gasteiger partial charge on any atom is -0.494 e. The summed E-state index contributed by atoms with van der Waals surface area (Å²) in [6.45, 7) is 5.70. The summed E-state index contributed by atoms with van der Waals surface area (Å²) in [5, 5.41) is 14.8. The average molecular weight is 463 g/mol. The van der Waals surface area contributed by atoms with E-state index in [4.69, 9.17) is 29.3 Å². The Morgan fingerprint density at radius 3 is 2.44 bits per heavy atom. The molecule has 0 aliphatic carbocycles. The summed E-state index contributed by atoms with van der Waals surface area (Å²) in [4.78, 5) is 20.7. The number of methoxy groups -OCH3 is 1. The second-order valence-corrected chi connectivity index (χ2v) is 7.60. The lowest BCUT2D eigenvalue weighted by Gasteiger charge is -2.37. The van der Waals surface area contributed by atoms with Gasteiger partial charge in [0.15, 0.2) is 0 Å². The molecule has 7 nitrogen and oxygen atoms in total. The fourth-order valence-electron chi connectivity index (χ4n) is 3.51. The molecule has 0 aromatic heterocycles. The van der Waals surface area contributed by atoms with Gasteiger partial charge >= 0.3 is 18.1 Å². The summed E-state index contributed by atoms with van der Waals surface area (Å²) >= 11 is 0. The van der Waals surface area contributed by atoms with Crippen LogP contribution in [0, 0.1) is 5.92 Å². The molecule has 2 atom stereocenters. The summed E-state index contributed by atoms with van der Waals surface area (Å²) in [5.74, 6) is -3.00. The van der Waals surface area contributed by atoms with Crippen molar-refractivity contribution in [2.75, 3.05) is 33.4 Å². The Kier molecular flexibility index (Phi) is 12.1. The second kappa shape index (κ2) is 13.9. The van der Waals surface area contributed by atoms with Crippen molar-refractivity contribution in [1.82, 2.24) is 4.90 Å². The molecule has 1 aliphatic rings. The molecular weight excluding hydrogens is 431 g/mol. The van der Waals surface area contributed by atoms with Crippen molar-refractivity contribution in [3.8, 4) is 5.75 Å². The van der Waals surface area contributed by atoms with E-state index < -0.39 is 23.7 Å². The predicted molar refractivity (Wildman–Crippen MR) is 112 cm³/mol. The van der Waals surface area contributed by atoms with Gasteiger partial charge in [-0.05, 0) is 56.5 Å². The number of carbonyl (C=O) groups is 2. The normalized spacial score (nSPS) is 19.0. The quantitative estimate of drug-likeness (QED) is 0.419. The van der Waals surface area contributed by atoms with Crippen LogP contribution in [0.4, 0.5) is 13.2 Å². The molecule has 1 aromatic carbocycles. The lowest BCUT2D eigenvalue weighted by Crippen LogP contribution is -2.45. The molecule has 2 rings (SSSR count). The van der Waals surface area contributed by atoms with Crippen LogP contribution in [-0.2, 0) is 20.5 Å². The molecule has 1 heterocycles. The summed E-state index contributed by atoms with van der Waals surface area (Å²) in [6.07, 6.45) is 1.34. The van der Waals surface area contributed by atoms with Gasteiger partial charge in [-0.15, -0.1) is 0 Å². The van der Waals surface area contributed by atoms with Crippen LogP contribution in [0.2, 0.25) is 0 Å². The molecule has 10 heteroatoms. The third kappa shape index (κ3) is 10.3. The zero-order valence-electron chi connectivity index (χ0n) is 18.4. The first kappa shape index (κ1) is 27.7. The predicted octanol–water partition coefficient (Wildman–Crippen LogP) is 4.16. The first-order valence-electron chi connectivity index (χ1n) is 10.6. The lowest BCUT2D eigenvalue weighted by atomic mass is 9.90. The van der Waals surface area contributed by atoms with E-state index in [1.807, 2.05) is 0 Å². The van der Waals surface area contributed by atoms with Crippen LogP contribution in [-0.4, -0.2) is 66.5 Å². The van der Waals surface area contributed by atoms with E-state index in [1.165, 1.54) is 25.3 Å². The second-order valence-electron chi connectivity index (χ2n) is 7.60. The molecule has 182 valence electrons. The van der Waals surface area contributed by atoms with Crippen LogP contribution < -0.4 is 4.74 Å². The number of unbranched alkanes of at least 4 members (excludes halogenated alkanes) is 2. The average Bonchev–Trinajstić information content (AvgIpc) is 2.74. The molecule has 1 fully saturated rings. The SMILES string of the molecule is CCCCCN1CC[C@@H](CCOc2cccc(C(F)(F)F)c2)[C@H](OC)C1.O=C(O)C(=O)O. The largest absolute Gasteiger partial charge is 0.494 e. The zero-order valence-corrected chi connectivity index (χ0v) is 18.4. The minimum absolute atomic E-state index is 0.162. The number of nitrogens with zero attached hydrogens (tertiary/aromatic N) is 1. The zero-order chi connectivity index (χ0) is 24.1. The number of alkyl halides is 3. The van der Waals surface area contributed by atoms with Gasteiger partial charge in [-0.3, -0.25) is 0 Å². The molecule has 0 bridgehead atoms. The smallest absolute Gasteiger partial charge is 0.416 e. The topological polar surface area (TPSA) is 96.3 Å². The van der Waals surface area contributed by atoms with Crippen LogP contribution in [0.25, 0.3) is 0 Å². The maximum atomic E-state index is 12.7. The number of aliphatic carboxylic acids is 2. The van der Waals surface area contributed by atoms with Crippen molar-refractivity contribution >= 4 is 11.9 Å². The third-order valence-corrected chi connectivity index (χ3v) is 5.26. The molecule has 0 saturated carbocycles. The van der Waals surface area contributed by atoms with E-state index in [1.54, 1.807) is 13.2 Å². The number of ether oxygens (including phenoxy) is 2. The van der Waals surface area contributed by atoms with Crippen molar-refractivity contribution in [1.29, 1.82) is 0 Å². The van der Waals surface area contributed by atoms with E-state index in [0.29, 0.717) is 12.5 Å². The van der Waals surface area contributed by atoms with Crippen LogP contribution in [0.15, 0.2) is 24.3 Å². The highest BCUT2D eigenvalue weighted by Gasteiger charge is 2.31. The monoisotopic (exact) mass is 463 g/mol. The molecule has 32 heavy (non-hydrogen) atoms. The molecule has 0 radical (unpaired) electrons. The number of likely N-dealkylation sites (tertiary alicyclic amines) is 1. The number of halogens is 3. The third-order valence-electron chi connectivity index (χ3n) is 5.26. The van der Waals surface area contributed by atoms with E-state index >= 15 is 0 Å². The maximum Gasteiger partial charge on any atom is 0.416 e. The first-order valence-corrected chi connectivity index (χ1v) is 10.6. The lowest BCUT2D eigenvalue weighted by molar-refractivity contribution is -0.159. The summed E-state index contributed by atoms with van der Waals surface area (Å²) < 4.78 is 49.5. The summed E-state index contributed by atoms with van der Waals surface area (Å²) in [5.41, 5.74) is -0.676. The van der Waals surface area contributed by atoms with Gasteiger partial charge in [-0.25, -0.2) is 9.59 Å². The minimum atomic E-state index is -4.34. The van der Waals surface area contributed by atoms with Gasteiger partial charge in [-0.2, -0.15) is 13.2 Å². The van der Waals surface area contributed by atoms with E-state index in [-0.39, 0.29) is 11.9 Å². The molecule has 0 unspecified atom stereocenters. The first-order chi connectivity index (χ1) is 15.1. The summed E-state index contributed by atoms with van der Waals surface area (Å²) in [7, 11) is 1.74. The fraction of sp³-hybridized carbons (Fsp3) is 0.636. The van der Waals surface area contributed by atoms with Gasteiger partial charge in [0.05, 0.1) is 18.3 Å². The highest BCUT2D eigenvalue weighted by molar-refractivity contribution is 6.27. The fourth-order valence-corrected chi connectivity index (χ4v) is 3.51. The van der Waals surface area contributed by atoms with Crippen molar-refractivity contribution in [2.45, 2.75) is 51.3 Å². The number of hydrogen-bond donors (Lipinski definition) is 2. The maximum absolute atomic E-state index is 12.7. The van der Waals surface area contributed by atoms with E-state index in [9.17, 15) is 13.2 Å². The standard InChI is InChI=1S/C20H30F3NO2.C2H2O4/c1-3-4-5-11-24-12-9-16(19(15-24)25-2)10-13-26-18-8-6-7-17(14-18)20(21,22)23;3-1(4)2(5)6/h6-8,14,16,19H,3-5,9-13,15H2,1-2H3;(H,3,4)(H,5,6)/t16-,19+;/m0./s1. The van der Waals surface area contributed by atoms with Crippen LogP contribution in [0.5, 0.6) is 5.75 Å². The molecule has 1 aliphatic heterocycles. The highest BCUT2D eigenvalue weighted by atomic mass is 19.4. The number of benzene rings is 1. The summed E-state index contributed by atoms with van der Waals surface area (Å²) in [6, 6.07) is 5.07. The van der Waals surface area contributed by atoms with Crippen molar-refractivity contribution in [3.63, 3.8) is 0 Å². The number of rotatable bonds is 9. The number of hydrogen-bond acceptors (Lipinski definition) is 5. The van der Waals surface area contributed by atoms with Gasteiger partial charge in [0.25, 0.3) is 0 Å². The Hall–Kier alpha value is -2.33. The molecule has 2 N–H and O–H groups in total. The molecule has 0 amide bonds. The van der Waals surface area contributed by atoms with E-state index in [0.717, 1.165) is 44.6 Å². The Morgan fingerprint density at radius 1 is 1.19 bits per heavy atom. The number of carboxylic acid groups (broad SMARTS) is 2. The molecule has 0 spiro atoms. The molecular formula is C22H32F3NO6. The number of piperidine rings is 1. The molecule has 1 aromatic rings. The van der Waals surface area contributed by atoms with Gasteiger partial charge in [0.1, 0.15) is 5.75 Å². The van der Waals surface area contributed by atoms with Gasteiger partial charge < -0.3 is 24.6 Å². The number of carboxylic acids is 2. The Bertz CT molecular complexity index is 701. The van der Waals surface area contributed by atoms with Crippen LogP contribution in [0.1, 0.15) is 44.6 Å². The van der Waals surface area contributed by atoms with Crippen molar-refractivity contribution in [2.24, 2.45) is 5.92 Å². The Morgan fingerprint density at radius 2 is 1.88 bits per heavy atom. The Balaban J connectivity index is 0.000000751. The molecule has 1 saturated heterocycles. The van der Waals surface area contributed by atoms with Crippen molar-refractivity contribution in [3.05, 3.63) is 29.8 Å². The van der Waals surface area contributed by atoms with Gasteiger partial charge in [-0.1, -0.05) is 25.8 Å².